The number of nitrogens with one attached hydrogen (secondary N) is 2. The molecule has 2 N–H and O–H groups in total. The van der Waals surface area contributed by atoms with Gasteiger partial charge in [-0.3, -0.25) is 9.59 Å². The summed E-state index contributed by atoms with van der Waals surface area (Å²) in [5.41, 5.74) is -0.286. The van der Waals surface area contributed by atoms with Crippen LogP contribution in [0.3, 0.4) is 0 Å². The van der Waals surface area contributed by atoms with E-state index in [1.54, 1.807) is 7.11 Å². The van der Waals surface area contributed by atoms with E-state index in [-0.39, 0.29) is 29.7 Å². The summed E-state index contributed by atoms with van der Waals surface area (Å²) in [5.74, 6) is -2.41. The first-order chi connectivity index (χ1) is 12.0. The van der Waals surface area contributed by atoms with Crippen molar-refractivity contribution >= 4 is 11.7 Å². The molecule has 1 aromatic carbocycles. The maximum Gasteiger partial charge on any atom is 0.220 e. The monoisotopic (exact) mass is 354 g/mol. The molecule has 1 fully saturated rings. The molecule has 138 valence electrons. The number of carbonyl (C=O) groups is 2. The maximum atomic E-state index is 13.6. The van der Waals surface area contributed by atoms with E-state index in [2.05, 4.69) is 10.6 Å². The molecule has 0 unspecified atom stereocenters. The number of halogens is 2. The Kier molecular flexibility index (Phi) is 7.01. The minimum Gasteiger partial charge on any atom is -0.384 e. The zero-order chi connectivity index (χ0) is 18.3. The number of methoxy groups -OCH3 is 1. The topological polar surface area (TPSA) is 67.4 Å². The van der Waals surface area contributed by atoms with E-state index in [1.807, 2.05) is 0 Å². The van der Waals surface area contributed by atoms with Crippen molar-refractivity contribution in [3.63, 3.8) is 0 Å². The van der Waals surface area contributed by atoms with Gasteiger partial charge in [-0.05, 0) is 38.1 Å². The van der Waals surface area contributed by atoms with Crippen molar-refractivity contribution in [2.24, 2.45) is 5.41 Å². The second-order valence-electron chi connectivity index (χ2n) is 6.51. The zero-order valence-electron chi connectivity index (χ0n) is 14.4. The van der Waals surface area contributed by atoms with Crippen molar-refractivity contribution in [2.45, 2.75) is 25.7 Å². The SMILES string of the molecule is COCC1(CNC(=O)CCC(=O)c2ccc(F)cc2F)CCNCC1. The van der Waals surface area contributed by atoms with Gasteiger partial charge in [0.2, 0.25) is 5.91 Å². The number of benzene rings is 1. The Labute approximate surface area is 146 Å². The van der Waals surface area contributed by atoms with E-state index in [0.29, 0.717) is 19.2 Å². The number of ether oxygens (including phenoxy) is 1. The number of hydrogen-bond acceptors (Lipinski definition) is 4. The first kappa shape index (κ1) is 19.5. The third kappa shape index (κ3) is 5.57. The van der Waals surface area contributed by atoms with Gasteiger partial charge in [-0.2, -0.15) is 0 Å². The molecule has 0 saturated carbocycles. The van der Waals surface area contributed by atoms with E-state index in [0.717, 1.165) is 38.1 Å². The molecule has 1 saturated heterocycles. The lowest BCUT2D eigenvalue weighted by atomic mass is 9.79. The highest BCUT2D eigenvalue weighted by Crippen LogP contribution is 2.28. The molecule has 1 aliphatic rings. The Morgan fingerprint density at radius 3 is 2.60 bits per heavy atom. The number of hydrogen-bond donors (Lipinski definition) is 2. The molecule has 1 aliphatic heterocycles. The maximum absolute atomic E-state index is 13.6. The van der Waals surface area contributed by atoms with Crippen LogP contribution in [0.4, 0.5) is 8.78 Å². The molecule has 5 nitrogen and oxygen atoms in total. The smallest absolute Gasteiger partial charge is 0.220 e. The summed E-state index contributed by atoms with van der Waals surface area (Å²) in [6.07, 6.45) is 1.66. The Balaban J connectivity index is 1.82. The summed E-state index contributed by atoms with van der Waals surface area (Å²) in [6.45, 7) is 2.80. The van der Waals surface area contributed by atoms with Crippen LogP contribution in [0.25, 0.3) is 0 Å². The molecular formula is C18H24F2N2O3. The van der Waals surface area contributed by atoms with Crippen LogP contribution in [-0.4, -0.2) is 45.0 Å². The van der Waals surface area contributed by atoms with Gasteiger partial charge in [0.1, 0.15) is 11.6 Å². The lowest BCUT2D eigenvalue weighted by Gasteiger charge is -2.37. The standard InChI is InChI=1S/C18H24F2N2O3/c1-25-12-18(6-8-21-9-7-18)11-22-17(24)5-4-16(23)14-3-2-13(19)10-15(14)20/h2-3,10,21H,4-9,11-12H2,1H3,(H,22,24). The highest BCUT2D eigenvalue weighted by molar-refractivity contribution is 5.98. The molecule has 1 amide bonds. The van der Waals surface area contributed by atoms with Gasteiger partial charge in [0.15, 0.2) is 5.78 Å². The van der Waals surface area contributed by atoms with Crippen molar-refractivity contribution in [1.82, 2.24) is 10.6 Å². The fourth-order valence-electron chi connectivity index (χ4n) is 3.09. The van der Waals surface area contributed by atoms with E-state index in [1.165, 1.54) is 0 Å². The van der Waals surface area contributed by atoms with Gasteiger partial charge < -0.3 is 15.4 Å². The van der Waals surface area contributed by atoms with Gasteiger partial charge in [0, 0.05) is 38.0 Å². The van der Waals surface area contributed by atoms with Crippen molar-refractivity contribution < 1.29 is 23.1 Å². The summed E-state index contributed by atoms with van der Waals surface area (Å²) in [7, 11) is 1.64. The van der Waals surface area contributed by atoms with Gasteiger partial charge in [-0.1, -0.05) is 0 Å². The highest BCUT2D eigenvalue weighted by Gasteiger charge is 2.32. The van der Waals surface area contributed by atoms with E-state index in [9.17, 15) is 18.4 Å². The van der Waals surface area contributed by atoms with Gasteiger partial charge in [0.25, 0.3) is 0 Å². The van der Waals surface area contributed by atoms with E-state index in [4.69, 9.17) is 4.74 Å². The van der Waals surface area contributed by atoms with Crippen molar-refractivity contribution in [2.75, 3.05) is 33.4 Å². The van der Waals surface area contributed by atoms with Crippen LogP contribution < -0.4 is 10.6 Å². The minimum absolute atomic E-state index is 0.0308. The lowest BCUT2D eigenvalue weighted by molar-refractivity contribution is -0.122. The Hall–Kier alpha value is -1.86. The summed E-state index contributed by atoms with van der Waals surface area (Å²) in [6, 6.07) is 2.80. The van der Waals surface area contributed by atoms with Crippen molar-refractivity contribution in [3.8, 4) is 0 Å². The molecule has 0 spiro atoms. The summed E-state index contributed by atoms with van der Waals surface area (Å²) >= 11 is 0. The lowest BCUT2D eigenvalue weighted by Crippen LogP contribution is -2.47. The Bertz CT molecular complexity index is 611. The number of ketones is 1. The predicted molar refractivity (Wildman–Crippen MR) is 89.3 cm³/mol. The highest BCUT2D eigenvalue weighted by atomic mass is 19.1. The number of carbonyl (C=O) groups excluding carboxylic acids is 2. The number of piperidine rings is 1. The first-order valence-electron chi connectivity index (χ1n) is 8.40. The summed E-state index contributed by atoms with van der Waals surface area (Å²) < 4.78 is 31.7. The van der Waals surface area contributed by atoms with Crippen molar-refractivity contribution in [1.29, 1.82) is 0 Å². The fraction of sp³-hybridized carbons (Fsp3) is 0.556. The van der Waals surface area contributed by atoms with Crippen LogP contribution in [0.1, 0.15) is 36.0 Å². The zero-order valence-corrected chi connectivity index (χ0v) is 14.4. The molecule has 0 radical (unpaired) electrons. The van der Waals surface area contributed by atoms with Gasteiger partial charge >= 0.3 is 0 Å². The predicted octanol–water partition coefficient (Wildman–Crippen LogP) is 2.06. The van der Waals surface area contributed by atoms with Crippen LogP contribution >= 0.6 is 0 Å². The molecule has 7 heteroatoms. The molecule has 2 rings (SSSR count). The first-order valence-corrected chi connectivity index (χ1v) is 8.40. The normalized spacial score (nSPS) is 16.4. The quantitative estimate of drug-likeness (QED) is 0.702. The second-order valence-corrected chi connectivity index (χ2v) is 6.51. The van der Waals surface area contributed by atoms with Gasteiger partial charge in [-0.15, -0.1) is 0 Å². The largest absolute Gasteiger partial charge is 0.384 e. The number of Topliss-reactive ketones (excluding diaryl/α,β-unsaturated/α-hetero) is 1. The van der Waals surface area contributed by atoms with Crippen LogP contribution in [0.5, 0.6) is 0 Å². The molecule has 0 bridgehead atoms. The summed E-state index contributed by atoms with van der Waals surface area (Å²) in [4.78, 5) is 24.0. The van der Waals surface area contributed by atoms with Crippen LogP contribution in [0.2, 0.25) is 0 Å². The third-order valence-corrected chi connectivity index (χ3v) is 4.59. The average Bonchev–Trinajstić information content (AvgIpc) is 2.59. The Morgan fingerprint density at radius 2 is 1.96 bits per heavy atom. The van der Waals surface area contributed by atoms with Crippen LogP contribution in [0, 0.1) is 17.0 Å². The van der Waals surface area contributed by atoms with Crippen molar-refractivity contribution in [3.05, 3.63) is 35.4 Å². The molecule has 1 aromatic rings. The fourth-order valence-corrected chi connectivity index (χ4v) is 3.09. The van der Waals surface area contributed by atoms with E-state index < -0.39 is 17.4 Å². The molecule has 0 aliphatic carbocycles. The minimum atomic E-state index is -0.904. The van der Waals surface area contributed by atoms with Gasteiger partial charge in [-0.25, -0.2) is 8.78 Å². The van der Waals surface area contributed by atoms with E-state index >= 15 is 0 Å². The molecule has 1 heterocycles. The van der Waals surface area contributed by atoms with Crippen LogP contribution in [0.15, 0.2) is 18.2 Å². The molecule has 0 atom stereocenters. The molecular weight excluding hydrogens is 330 g/mol. The van der Waals surface area contributed by atoms with Gasteiger partial charge in [0.05, 0.1) is 12.2 Å². The molecule has 0 aromatic heterocycles. The molecule has 25 heavy (non-hydrogen) atoms. The Morgan fingerprint density at radius 1 is 1.24 bits per heavy atom. The average molecular weight is 354 g/mol. The summed E-state index contributed by atoms with van der Waals surface area (Å²) in [5, 5.41) is 6.13. The number of amides is 1. The second kappa shape index (κ2) is 9.01. The number of rotatable bonds is 8. The van der Waals surface area contributed by atoms with Crippen LogP contribution in [-0.2, 0) is 9.53 Å². The third-order valence-electron chi connectivity index (χ3n) is 4.59.